The molecule has 0 amide bonds. The van der Waals surface area contributed by atoms with Crippen molar-refractivity contribution >= 4 is 0 Å². The van der Waals surface area contributed by atoms with E-state index in [4.69, 9.17) is 9.47 Å². The predicted molar refractivity (Wildman–Crippen MR) is 52.5 cm³/mol. The van der Waals surface area contributed by atoms with Crippen LogP contribution in [0.5, 0.6) is 0 Å². The Morgan fingerprint density at radius 1 is 1.00 bits per heavy atom. The number of hydrogen-bond acceptors (Lipinski definition) is 3. The fourth-order valence-corrected chi connectivity index (χ4v) is 0.942. The van der Waals surface area contributed by atoms with Gasteiger partial charge in [0.05, 0.1) is 12.2 Å². The van der Waals surface area contributed by atoms with Crippen molar-refractivity contribution in [2.75, 3.05) is 0 Å². The fourth-order valence-electron chi connectivity index (χ4n) is 0.942. The van der Waals surface area contributed by atoms with E-state index in [9.17, 15) is 5.11 Å². The van der Waals surface area contributed by atoms with Crippen LogP contribution in [-0.2, 0) is 9.47 Å². The molecule has 0 rings (SSSR count). The van der Waals surface area contributed by atoms with E-state index in [1.54, 1.807) is 0 Å². The summed E-state index contributed by atoms with van der Waals surface area (Å²) in [6, 6.07) is 0. The lowest BCUT2D eigenvalue weighted by Gasteiger charge is -2.26. The molecule has 1 unspecified atom stereocenters. The molecule has 0 bridgehead atoms. The van der Waals surface area contributed by atoms with E-state index < -0.39 is 12.4 Å². The van der Waals surface area contributed by atoms with Crippen molar-refractivity contribution in [3.63, 3.8) is 0 Å². The number of hydrogen-bond donors (Lipinski definition) is 1. The van der Waals surface area contributed by atoms with E-state index in [0.717, 1.165) is 0 Å². The first kappa shape index (κ1) is 12.9. The van der Waals surface area contributed by atoms with E-state index in [-0.39, 0.29) is 12.2 Å². The summed E-state index contributed by atoms with van der Waals surface area (Å²) in [4.78, 5) is 0. The van der Waals surface area contributed by atoms with Crippen molar-refractivity contribution in [3.05, 3.63) is 0 Å². The first-order valence-electron chi connectivity index (χ1n) is 4.96. The Labute approximate surface area is 81.0 Å². The fraction of sp³-hybridized carbons (Fsp3) is 1.00. The molecular weight excluding hydrogens is 168 g/mol. The van der Waals surface area contributed by atoms with Gasteiger partial charge in [-0.3, -0.25) is 0 Å². The van der Waals surface area contributed by atoms with Gasteiger partial charge >= 0.3 is 0 Å². The van der Waals surface area contributed by atoms with Gasteiger partial charge in [-0.2, -0.15) is 0 Å². The Morgan fingerprint density at radius 2 is 1.38 bits per heavy atom. The van der Waals surface area contributed by atoms with E-state index in [2.05, 4.69) is 0 Å². The van der Waals surface area contributed by atoms with Gasteiger partial charge in [0.1, 0.15) is 6.10 Å². The first-order valence-corrected chi connectivity index (χ1v) is 4.96. The maximum absolute atomic E-state index is 9.57. The molecule has 0 fully saturated rings. The minimum Gasteiger partial charge on any atom is -0.388 e. The van der Waals surface area contributed by atoms with Crippen LogP contribution in [0.15, 0.2) is 0 Å². The van der Waals surface area contributed by atoms with Gasteiger partial charge in [-0.05, 0) is 34.1 Å². The molecule has 0 aliphatic carbocycles. The lowest BCUT2D eigenvalue weighted by atomic mass is 10.2. The normalized spacial score (nSPS) is 14.5. The van der Waals surface area contributed by atoms with E-state index in [0.29, 0.717) is 6.42 Å². The second-order valence-electron chi connectivity index (χ2n) is 3.71. The maximum Gasteiger partial charge on any atom is 0.183 e. The van der Waals surface area contributed by atoms with Crippen molar-refractivity contribution in [1.82, 2.24) is 0 Å². The van der Waals surface area contributed by atoms with E-state index in [1.165, 1.54) is 0 Å². The summed E-state index contributed by atoms with van der Waals surface area (Å²) in [6.07, 6.45) is -0.242. The van der Waals surface area contributed by atoms with Crippen LogP contribution in [0.25, 0.3) is 0 Å². The summed E-state index contributed by atoms with van der Waals surface area (Å²) < 4.78 is 10.9. The van der Waals surface area contributed by atoms with Crippen molar-refractivity contribution in [2.24, 2.45) is 0 Å². The third-order valence-corrected chi connectivity index (χ3v) is 1.55. The second kappa shape index (κ2) is 6.35. The van der Waals surface area contributed by atoms with Crippen LogP contribution in [0.1, 0.15) is 41.0 Å². The molecule has 0 saturated carbocycles. The van der Waals surface area contributed by atoms with Gasteiger partial charge in [0.2, 0.25) is 0 Å². The SMILES string of the molecule is CCC(O)C(OC(C)C)OC(C)C. The molecule has 0 aliphatic heterocycles. The van der Waals surface area contributed by atoms with E-state index in [1.807, 2.05) is 34.6 Å². The zero-order chi connectivity index (χ0) is 10.4. The Hall–Kier alpha value is -0.120. The third kappa shape index (κ3) is 6.02. The summed E-state index contributed by atoms with van der Waals surface area (Å²) in [5, 5.41) is 9.57. The van der Waals surface area contributed by atoms with Crippen molar-refractivity contribution in [2.45, 2.75) is 65.6 Å². The highest BCUT2D eigenvalue weighted by Gasteiger charge is 2.21. The summed E-state index contributed by atoms with van der Waals surface area (Å²) in [5.41, 5.74) is 0. The van der Waals surface area contributed by atoms with Crippen molar-refractivity contribution < 1.29 is 14.6 Å². The molecule has 1 atom stereocenters. The van der Waals surface area contributed by atoms with Crippen LogP contribution in [0.4, 0.5) is 0 Å². The van der Waals surface area contributed by atoms with Crippen LogP contribution >= 0.6 is 0 Å². The van der Waals surface area contributed by atoms with E-state index >= 15 is 0 Å². The summed E-state index contributed by atoms with van der Waals surface area (Å²) in [7, 11) is 0. The maximum atomic E-state index is 9.57. The van der Waals surface area contributed by atoms with Crippen LogP contribution in [0.3, 0.4) is 0 Å². The molecule has 0 spiro atoms. The number of aliphatic hydroxyl groups excluding tert-OH is 1. The molecule has 0 radical (unpaired) electrons. The molecule has 0 heterocycles. The molecular formula is C10H22O3. The molecule has 0 aliphatic rings. The largest absolute Gasteiger partial charge is 0.388 e. The minimum atomic E-state index is -0.537. The molecule has 0 aromatic carbocycles. The second-order valence-corrected chi connectivity index (χ2v) is 3.71. The molecule has 0 saturated heterocycles. The van der Waals surface area contributed by atoms with Gasteiger partial charge in [-0.25, -0.2) is 0 Å². The quantitative estimate of drug-likeness (QED) is 0.650. The Kier molecular flexibility index (Phi) is 6.29. The van der Waals surface area contributed by atoms with Gasteiger partial charge in [-0.15, -0.1) is 0 Å². The minimum absolute atomic E-state index is 0.0740. The summed E-state index contributed by atoms with van der Waals surface area (Å²) >= 11 is 0. The average Bonchev–Trinajstić information content (AvgIpc) is 2.00. The third-order valence-electron chi connectivity index (χ3n) is 1.55. The molecule has 0 aromatic heterocycles. The Balaban J connectivity index is 4.02. The zero-order valence-electron chi connectivity index (χ0n) is 9.28. The Morgan fingerprint density at radius 3 is 1.62 bits per heavy atom. The lowest BCUT2D eigenvalue weighted by Crippen LogP contribution is -2.35. The molecule has 3 heteroatoms. The first-order chi connectivity index (χ1) is 5.97. The summed E-state index contributed by atoms with van der Waals surface area (Å²) in [5.74, 6) is 0. The van der Waals surface area contributed by atoms with Crippen LogP contribution in [-0.4, -0.2) is 29.7 Å². The number of ether oxygens (including phenoxy) is 2. The highest BCUT2D eigenvalue weighted by molar-refractivity contribution is 4.60. The van der Waals surface area contributed by atoms with Crippen molar-refractivity contribution in [3.8, 4) is 0 Å². The van der Waals surface area contributed by atoms with Crippen molar-refractivity contribution in [1.29, 1.82) is 0 Å². The average molecular weight is 190 g/mol. The zero-order valence-corrected chi connectivity index (χ0v) is 9.28. The topological polar surface area (TPSA) is 38.7 Å². The predicted octanol–water partition coefficient (Wildman–Crippen LogP) is 1.93. The van der Waals surface area contributed by atoms with Crippen LogP contribution in [0.2, 0.25) is 0 Å². The van der Waals surface area contributed by atoms with Gasteiger partial charge in [0.25, 0.3) is 0 Å². The molecule has 0 aromatic rings. The molecule has 3 nitrogen and oxygen atoms in total. The monoisotopic (exact) mass is 190 g/mol. The van der Waals surface area contributed by atoms with Gasteiger partial charge < -0.3 is 14.6 Å². The van der Waals surface area contributed by atoms with Crippen LogP contribution in [0, 0.1) is 0 Å². The van der Waals surface area contributed by atoms with Gasteiger partial charge in [0, 0.05) is 0 Å². The van der Waals surface area contributed by atoms with Crippen LogP contribution < -0.4 is 0 Å². The molecule has 80 valence electrons. The summed E-state index contributed by atoms with van der Waals surface area (Å²) in [6.45, 7) is 9.63. The highest BCUT2D eigenvalue weighted by Crippen LogP contribution is 2.10. The smallest absolute Gasteiger partial charge is 0.183 e. The van der Waals surface area contributed by atoms with Gasteiger partial charge in [-0.1, -0.05) is 6.92 Å². The number of rotatable bonds is 6. The van der Waals surface area contributed by atoms with Gasteiger partial charge in [0.15, 0.2) is 6.29 Å². The Bertz CT molecular complexity index is 113. The number of aliphatic hydroxyl groups is 1. The lowest BCUT2D eigenvalue weighted by molar-refractivity contribution is -0.224. The molecule has 1 N–H and O–H groups in total. The molecule has 13 heavy (non-hydrogen) atoms. The standard InChI is InChI=1S/C10H22O3/c1-6-9(11)10(12-7(2)3)13-8(4)5/h7-11H,6H2,1-5H3. The highest BCUT2D eigenvalue weighted by atomic mass is 16.7.